The molecule has 30 heavy (non-hydrogen) atoms. The number of nitrogens with zero attached hydrogens (tertiary/aromatic N) is 3. The van der Waals surface area contributed by atoms with E-state index >= 15 is 0 Å². The van der Waals surface area contributed by atoms with Gasteiger partial charge in [-0.2, -0.15) is 0 Å². The van der Waals surface area contributed by atoms with Gasteiger partial charge >= 0.3 is 0 Å². The van der Waals surface area contributed by atoms with Crippen molar-refractivity contribution in [3.63, 3.8) is 0 Å². The molecule has 1 aliphatic heterocycles. The number of amides is 1. The third kappa shape index (κ3) is 4.49. The summed E-state index contributed by atoms with van der Waals surface area (Å²) in [7, 11) is 0. The van der Waals surface area contributed by atoms with Crippen molar-refractivity contribution in [2.75, 3.05) is 26.3 Å². The summed E-state index contributed by atoms with van der Waals surface area (Å²) in [4.78, 5) is 18.4. The van der Waals surface area contributed by atoms with E-state index in [4.69, 9.17) is 9.47 Å². The van der Waals surface area contributed by atoms with Crippen LogP contribution in [0.1, 0.15) is 31.9 Å². The fourth-order valence-corrected chi connectivity index (χ4v) is 3.96. The number of hydrogen-bond donors (Lipinski definition) is 0. The number of aryl methyl sites for hydroxylation is 1. The molecule has 4 rings (SSSR count). The number of carbonyl (C=O) groups excluding carboxylic acids is 1. The Morgan fingerprint density at radius 2 is 1.90 bits per heavy atom. The third-order valence-electron chi connectivity index (χ3n) is 5.66. The van der Waals surface area contributed by atoms with Gasteiger partial charge in [0.1, 0.15) is 24.1 Å². The number of ether oxygens (including phenoxy) is 2. The molecule has 0 bridgehead atoms. The number of aromatic nitrogens is 2. The van der Waals surface area contributed by atoms with Gasteiger partial charge < -0.3 is 18.8 Å². The lowest BCUT2D eigenvalue weighted by Crippen LogP contribution is -2.43. The Bertz CT molecular complexity index is 989. The van der Waals surface area contributed by atoms with Gasteiger partial charge in [0.05, 0.1) is 0 Å². The topological polar surface area (TPSA) is 56.1 Å². The maximum atomic E-state index is 12.2. The minimum absolute atomic E-state index is 0.0801. The summed E-state index contributed by atoms with van der Waals surface area (Å²) >= 11 is 0. The second-order valence-electron chi connectivity index (χ2n) is 7.76. The van der Waals surface area contributed by atoms with Crippen LogP contribution >= 0.6 is 0 Å². The van der Waals surface area contributed by atoms with E-state index in [1.54, 1.807) is 0 Å². The van der Waals surface area contributed by atoms with Crippen molar-refractivity contribution in [3.05, 3.63) is 54.5 Å². The molecule has 1 saturated heterocycles. The van der Waals surface area contributed by atoms with Gasteiger partial charge in [0.2, 0.25) is 5.91 Å². The first kappa shape index (κ1) is 20.4. The summed E-state index contributed by atoms with van der Waals surface area (Å²) in [5.41, 5.74) is 4.46. The van der Waals surface area contributed by atoms with Crippen molar-refractivity contribution < 1.29 is 14.3 Å². The fourth-order valence-electron chi connectivity index (χ4n) is 3.96. The quantitative estimate of drug-likeness (QED) is 0.553. The van der Waals surface area contributed by atoms with Crippen molar-refractivity contribution in [2.45, 2.75) is 39.2 Å². The summed E-state index contributed by atoms with van der Waals surface area (Å²) in [6, 6.07) is 12.4. The number of benzene rings is 1. The Balaban J connectivity index is 1.33. The summed E-state index contributed by atoms with van der Waals surface area (Å²) in [6.45, 7) is 6.42. The van der Waals surface area contributed by atoms with Crippen LogP contribution in [-0.2, 0) is 9.53 Å². The number of hydrogen-bond acceptors (Lipinski definition) is 4. The van der Waals surface area contributed by atoms with Crippen molar-refractivity contribution in [3.8, 4) is 16.9 Å². The molecular formula is C24H29N3O3. The molecule has 0 saturated carbocycles. The molecule has 2 aromatic heterocycles. The molecule has 0 unspecified atom stereocenters. The molecule has 0 spiro atoms. The van der Waals surface area contributed by atoms with Crippen LogP contribution in [-0.4, -0.2) is 52.6 Å². The van der Waals surface area contributed by atoms with E-state index < -0.39 is 0 Å². The molecule has 3 heterocycles. The zero-order valence-corrected chi connectivity index (χ0v) is 17.7. The highest BCUT2D eigenvalue weighted by Crippen LogP contribution is 2.27. The van der Waals surface area contributed by atoms with E-state index in [1.165, 1.54) is 11.3 Å². The Morgan fingerprint density at radius 3 is 2.63 bits per heavy atom. The predicted octanol–water partition coefficient (Wildman–Crippen LogP) is 4.11. The highest BCUT2D eigenvalue weighted by molar-refractivity contribution is 5.77. The van der Waals surface area contributed by atoms with E-state index in [1.807, 2.05) is 42.4 Å². The maximum Gasteiger partial charge on any atom is 0.248 e. The minimum atomic E-state index is 0.0801. The van der Waals surface area contributed by atoms with Crippen LogP contribution in [0.4, 0.5) is 0 Å². The Kier molecular flexibility index (Phi) is 6.33. The highest BCUT2D eigenvalue weighted by Gasteiger charge is 2.23. The number of fused-ring (bicyclic) bond motifs is 1. The van der Waals surface area contributed by atoms with E-state index in [0.717, 1.165) is 49.3 Å². The van der Waals surface area contributed by atoms with Crippen LogP contribution in [0, 0.1) is 6.92 Å². The van der Waals surface area contributed by atoms with E-state index in [2.05, 4.69) is 34.5 Å². The highest BCUT2D eigenvalue weighted by atomic mass is 16.5. The normalized spacial score (nSPS) is 14.9. The number of likely N-dealkylation sites (tertiary alicyclic amines) is 1. The number of rotatable bonds is 7. The van der Waals surface area contributed by atoms with Crippen molar-refractivity contribution in [1.29, 1.82) is 0 Å². The molecule has 1 aliphatic rings. The first-order chi connectivity index (χ1) is 14.7. The SMILES string of the molecule is CCCOCC(=O)N1CCC(Oc2ccc(-c3ccc4nccn4c3C)cc2)CC1. The first-order valence-electron chi connectivity index (χ1n) is 10.7. The molecular weight excluding hydrogens is 378 g/mol. The van der Waals surface area contributed by atoms with Gasteiger partial charge in [-0.25, -0.2) is 4.98 Å². The summed E-state index contributed by atoms with van der Waals surface area (Å²) in [5.74, 6) is 0.952. The van der Waals surface area contributed by atoms with Crippen LogP contribution in [0.3, 0.4) is 0 Å². The zero-order chi connectivity index (χ0) is 20.9. The number of carbonyl (C=O) groups is 1. The summed E-state index contributed by atoms with van der Waals surface area (Å²) < 4.78 is 13.6. The maximum absolute atomic E-state index is 12.2. The monoisotopic (exact) mass is 407 g/mol. The lowest BCUT2D eigenvalue weighted by molar-refractivity contribution is -0.137. The molecule has 6 heteroatoms. The van der Waals surface area contributed by atoms with Crippen molar-refractivity contribution >= 4 is 11.6 Å². The molecule has 0 atom stereocenters. The van der Waals surface area contributed by atoms with E-state index in [-0.39, 0.29) is 18.6 Å². The van der Waals surface area contributed by atoms with E-state index in [0.29, 0.717) is 6.61 Å². The average molecular weight is 408 g/mol. The molecule has 158 valence electrons. The van der Waals surface area contributed by atoms with Gasteiger partial charge in [0.25, 0.3) is 0 Å². The summed E-state index contributed by atoms with van der Waals surface area (Å²) in [5, 5.41) is 0. The van der Waals surface area contributed by atoms with Gasteiger partial charge in [-0.3, -0.25) is 4.79 Å². The first-order valence-corrected chi connectivity index (χ1v) is 10.7. The molecule has 3 aromatic rings. The van der Waals surface area contributed by atoms with Crippen LogP contribution in [0.2, 0.25) is 0 Å². The van der Waals surface area contributed by atoms with Gasteiger partial charge in [0, 0.05) is 56.2 Å². The molecule has 6 nitrogen and oxygen atoms in total. The standard InChI is InChI=1S/C24H29N3O3/c1-3-16-29-17-24(28)26-13-10-21(11-14-26)30-20-6-4-19(5-7-20)22-8-9-23-25-12-15-27(23)18(22)2/h4-9,12,15,21H,3,10-11,13-14,16-17H2,1-2H3. The minimum Gasteiger partial charge on any atom is -0.490 e. The fraction of sp³-hybridized carbons (Fsp3) is 0.417. The summed E-state index contributed by atoms with van der Waals surface area (Å²) in [6.07, 6.45) is 6.56. The third-order valence-corrected chi connectivity index (χ3v) is 5.66. The smallest absolute Gasteiger partial charge is 0.248 e. The Labute approximate surface area is 177 Å². The lowest BCUT2D eigenvalue weighted by atomic mass is 10.0. The molecule has 0 radical (unpaired) electrons. The molecule has 1 fully saturated rings. The lowest BCUT2D eigenvalue weighted by Gasteiger charge is -2.32. The van der Waals surface area contributed by atoms with Crippen molar-refractivity contribution in [2.24, 2.45) is 0 Å². The molecule has 0 N–H and O–H groups in total. The van der Waals surface area contributed by atoms with E-state index in [9.17, 15) is 4.79 Å². The number of imidazole rings is 1. The van der Waals surface area contributed by atoms with Crippen LogP contribution in [0.25, 0.3) is 16.8 Å². The Hall–Kier alpha value is -2.86. The van der Waals surface area contributed by atoms with Crippen LogP contribution < -0.4 is 4.74 Å². The Morgan fingerprint density at radius 1 is 1.13 bits per heavy atom. The van der Waals surface area contributed by atoms with Gasteiger partial charge in [-0.1, -0.05) is 19.1 Å². The molecule has 0 aliphatic carbocycles. The predicted molar refractivity (Wildman–Crippen MR) is 117 cm³/mol. The second kappa shape index (κ2) is 9.30. The van der Waals surface area contributed by atoms with Gasteiger partial charge in [0.15, 0.2) is 0 Å². The van der Waals surface area contributed by atoms with Crippen LogP contribution in [0.5, 0.6) is 5.75 Å². The molecule has 1 aromatic carbocycles. The zero-order valence-electron chi connectivity index (χ0n) is 17.7. The van der Waals surface area contributed by atoms with Crippen LogP contribution in [0.15, 0.2) is 48.8 Å². The van der Waals surface area contributed by atoms with Gasteiger partial charge in [-0.15, -0.1) is 0 Å². The number of piperidine rings is 1. The van der Waals surface area contributed by atoms with Gasteiger partial charge in [-0.05, 0) is 43.2 Å². The molecule has 1 amide bonds. The largest absolute Gasteiger partial charge is 0.490 e. The van der Waals surface area contributed by atoms with Crippen molar-refractivity contribution in [1.82, 2.24) is 14.3 Å². The number of pyridine rings is 1. The average Bonchev–Trinajstić information content (AvgIpc) is 3.25. The second-order valence-corrected chi connectivity index (χ2v) is 7.76.